The summed E-state index contributed by atoms with van der Waals surface area (Å²) in [6, 6.07) is 0. The maximum absolute atomic E-state index is 11.7. The van der Waals surface area contributed by atoms with Gasteiger partial charge >= 0.3 is 5.97 Å². The first kappa shape index (κ1) is 18.9. The van der Waals surface area contributed by atoms with Gasteiger partial charge in [-0.25, -0.2) is 13.1 Å². The van der Waals surface area contributed by atoms with E-state index in [2.05, 4.69) is 10.0 Å². The van der Waals surface area contributed by atoms with Crippen LogP contribution in [0.15, 0.2) is 0 Å². The molecular weight excluding hydrogens is 284 g/mol. The summed E-state index contributed by atoms with van der Waals surface area (Å²) in [5.41, 5.74) is -1.16. The van der Waals surface area contributed by atoms with Gasteiger partial charge in [0.1, 0.15) is 0 Å². The van der Waals surface area contributed by atoms with E-state index in [1.165, 1.54) is 6.92 Å². The van der Waals surface area contributed by atoms with Crippen LogP contribution in [0.25, 0.3) is 0 Å². The van der Waals surface area contributed by atoms with Crippen LogP contribution in [0.1, 0.15) is 34.1 Å². The average Bonchev–Trinajstić information content (AvgIpc) is 2.27. The van der Waals surface area contributed by atoms with Crippen LogP contribution in [0.2, 0.25) is 0 Å². The van der Waals surface area contributed by atoms with E-state index >= 15 is 0 Å². The minimum atomic E-state index is -3.38. The molecule has 0 rings (SSSR count). The Kier molecular flexibility index (Phi) is 7.15. The first-order chi connectivity index (χ1) is 9.05. The number of carboxylic acid groups (broad SMARTS) is 1. The molecule has 1 unspecified atom stereocenters. The van der Waals surface area contributed by atoms with Crippen molar-refractivity contribution in [3.63, 3.8) is 0 Å². The van der Waals surface area contributed by atoms with Crippen molar-refractivity contribution in [2.45, 2.75) is 34.1 Å². The molecule has 0 aromatic rings. The molecule has 0 heterocycles. The molecular formula is C12H24N2O5S. The van der Waals surface area contributed by atoms with Crippen molar-refractivity contribution < 1.29 is 23.1 Å². The fourth-order valence-corrected chi connectivity index (χ4v) is 2.49. The van der Waals surface area contributed by atoms with Crippen molar-refractivity contribution >= 4 is 21.9 Å². The Morgan fingerprint density at radius 3 is 2.25 bits per heavy atom. The van der Waals surface area contributed by atoms with Crippen molar-refractivity contribution in [1.82, 2.24) is 10.0 Å². The number of carbonyl (C=O) groups excluding carboxylic acids is 1. The highest BCUT2D eigenvalue weighted by atomic mass is 32.2. The van der Waals surface area contributed by atoms with Gasteiger partial charge < -0.3 is 10.4 Å². The molecule has 0 radical (unpaired) electrons. The van der Waals surface area contributed by atoms with Crippen LogP contribution in [0.3, 0.4) is 0 Å². The number of hydrogen-bond acceptors (Lipinski definition) is 4. The van der Waals surface area contributed by atoms with Crippen molar-refractivity contribution in [2.75, 3.05) is 18.8 Å². The van der Waals surface area contributed by atoms with Gasteiger partial charge in [0.15, 0.2) is 0 Å². The maximum Gasteiger partial charge on any atom is 0.310 e. The molecule has 118 valence electrons. The maximum atomic E-state index is 11.7. The van der Waals surface area contributed by atoms with Crippen molar-refractivity contribution in [2.24, 2.45) is 11.3 Å². The van der Waals surface area contributed by atoms with Gasteiger partial charge in [0.2, 0.25) is 15.9 Å². The van der Waals surface area contributed by atoms with Gasteiger partial charge in [0.05, 0.1) is 11.2 Å². The summed E-state index contributed by atoms with van der Waals surface area (Å²) >= 11 is 0. The predicted molar refractivity (Wildman–Crippen MR) is 75.7 cm³/mol. The molecule has 3 N–H and O–H groups in total. The third-order valence-electron chi connectivity index (χ3n) is 3.35. The lowest BCUT2D eigenvalue weighted by Crippen LogP contribution is -2.41. The summed E-state index contributed by atoms with van der Waals surface area (Å²) in [4.78, 5) is 23.0. The van der Waals surface area contributed by atoms with Crippen LogP contribution in [0.5, 0.6) is 0 Å². The number of amides is 1. The van der Waals surface area contributed by atoms with Crippen molar-refractivity contribution in [3.05, 3.63) is 0 Å². The van der Waals surface area contributed by atoms with E-state index in [4.69, 9.17) is 0 Å². The zero-order valence-corrected chi connectivity index (χ0v) is 13.2. The molecule has 0 aliphatic carbocycles. The summed E-state index contributed by atoms with van der Waals surface area (Å²) in [5.74, 6) is -1.94. The molecule has 20 heavy (non-hydrogen) atoms. The molecule has 0 aromatic heterocycles. The van der Waals surface area contributed by atoms with Crippen LogP contribution in [0, 0.1) is 11.3 Å². The minimum Gasteiger partial charge on any atom is -0.481 e. The van der Waals surface area contributed by atoms with Crippen LogP contribution < -0.4 is 10.0 Å². The standard InChI is InChI=1S/C12H24N2O5S/c1-5-14-20(18,19)7-6-13-10(15)8-12(4,9(2)3)11(16)17/h9,14H,5-8H2,1-4H3,(H,13,15)(H,16,17). The largest absolute Gasteiger partial charge is 0.481 e. The average molecular weight is 308 g/mol. The SMILES string of the molecule is CCNS(=O)(=O)CCNC(=O)CC(C)(C(=O)O)C(C)C. The van der Waals surface area contributed by atoms with E-state index in [9.17, 15) is 23.1 Å². The van der Waals surface area contributed by atoms with E-state index in [1.807, 2.05) is 0 Å². The molecule has 0 aliphatic heterocycles. The second kappa shape index (κ2) is 7.58. The van der Waals surface area contributed by atoms with Gasteiger partial charge in [0.25, 0.3) is 0 Å². The Hall–Kier alpha value is -1.15. The van der Waals surface area contributed by atoms with Gasteiger partial charge in [-0.3, -0.25) is 9.59 Å². The lowest BCUT2D eigenvalue weighted by Gasteiger charge is -2.28. The number of rotatable bonds is 9. The smallest absolute Gasteiger partial charge is 0.310 e. The highest BCUT2D eigenvalue weighted by Crippen LogP contribution is 2.31. The molecule has 0 saturated heterocycles. The van der Waals surface area contributed by atoms with E-state index in [-0.39, 0.29) is 24.6 Å². The van der Waals surface area contributed by atoms with E-state index in [0.717, 1.165) is 0 Å². The fraction of sp³-hybridized carbons (Fsp3) is 0.833. The Morgan fingerprint density at radius 2 is 1.85 bits per heavy atom. The Balaban J connectivity index is 4.41. The van der Waals surface area contributed by atoms with Gasteiger partial charge in [-0.1, -0.05) is 20.8 Å². The third kappa shape index (κ3) is 5.87. The minimum absolute atomic E-state index is 0.0397. The summed E-state index contributed by atoms with van der Waals surface area (Å²) in [7, 11) is -3.38. The van der Waals surface area contributed by atoms with Crippen LogP contribution >= 0.6 is 0 Å². The van der Waals surface area contributed by atoms with Crippen LogP contribution in [-0.2, 0) is 19.6 Å². The van der Waals surface area contributed by atoms with E-state index < -0.39 is 27.3 Å². The number of carbonyl (C=O) groups is 2. The third-order valence-corrected chi connectivity index (χ3v) is 4.82. The van der Waals surface area contributed by atoms with Crippen LogP contribution in [0.4, 0.5) is 0 Å². The monoisotopic (exact) mass is 308 g/mol. The number of carboxylic acids is 1. The molecule has 0 spiro atoms. The van der Waals surface area contributed by atoms with Gasteiger partial charge in [-0.2, -0.15) is 0 Å². The number of nitrogens with one attached hydrogen (secondary N) is 2. The van der Waals surface area contributed by atoms with Gasteiger partial charge in [0, 0.05) is 19.5 Å². The molecule has 1 atom stereocenters. The molecule has 0 saturated carbocycles. The lowest BCUT2D eigenvalue weighted by molar-refractivity contribution is -0.153. The fourth-order valence-electron chi connectivity index (χ4n) is 1.54. The lowest BCUT2D eigenvalue weighted by atomic mass is 9.76. The van der Waals surface area contributed by atoms with E-state index in [0.29, 0.717) is 6.54 Å². The number of aliphatic carboxylic acids is 1. The second-order valence-electron chi connectivity index (χ2n) is 5.22. The first-order valence-electron chi connectivity index (χ1n) is 6.52. The Labute approximate surface area is 120 Å². The zero-order valence-electron chi connectivity index (χ0n) is 12.4. The topological polar surface area (TPSA) is 113 Å². The molecule has 1 amide bonds. The molecule has 0 aliphatic rings. The Morgan fingerprint density at radius 1 is 1.30 bits per heavy atom. The molecule has 0 fully saturated rings. The van der Waals surface area contributed by atoms with Crippen LogP contribution in [-0.4, -0.2) is 44.2 Å². The predicted octanol–water partition coefficient (Wildman–Crippen LogP) is 0.179. The van der Waals surface area contributed by atoms with Crippen molar-refractivity contribution in [3.8, 4) is 0 Å². The summed E-state index contributed by atoms with van der Waals surface area (Å²) in [5, 5.41) is 11.6. The molecule has 0 bridgehead atoms. The number of hydrogen-bond donors (Lipinski definition) is 3. The van der Waals surface area contributed by atoms with Gasteiger partial charge in [-0.05, 0) is 12.8 Å². The summed E-state index contributed by atoms with van der Waals surface area (Å²) < 4.78 is 25.0. The summed E-state index contributed by atoms with van der Waals surface area (Å²) in [6.07, 6.45) is -0.179. The van der Waals surface area contributed by atoms with Gasteiger partial charge in [-0.15, -0.1) is 0 Å². The summed E-state index contributed by atoms with van der Waals surface area (Å²) in [6.45, 7) is 6.89. The highest BCUT2D eigenvalue weighted by Gasteiger charge is 2.38. The Bertz CT molecular complexity index is 447. The normalized spacial score (nSPS) is 14.8. The second-order valence-corrected chi connectivity index (χ2v) is 7.15. The molecule has 7 nitrogen and oxygen atoms in total. The zero-order chi connectivity index (χ0) is 16.0. The quantitative estimate of drug-likeness (QED) is 0.562. The number of sulfonamides is 1. The van der Waals surface area contributed by atoms with Crippen molar-refractivity contribution in [1.29, 1.82) is 0 Å². The molecule has 8 heteroatoms. The molecule has 0 aromatic carbocycles. The highest BCUT2D eigenvalue weighted by molar-refractivity contribution is 7.89. The van der Waals surface area contributed by atoms with E-state index in [1.54, 1.807) is 20.8 Å². The first-order valence-corrected chi connectivity index (χ1v) is 8.17.